The Morgan fingerprint density at radius 1 is 1.32 bits per heavy atom. The van der Waals surface area contributed by atoms with E-state index in [2.05, 4.69) is 0 Å². The van der Waals surface area contributed by atoms with Crippen LogP contribution in [0.5, 0.6) is 5.75 Å². The number of benzene rings is 1. The van der Waals surface area contributed by atoms with Gasteiger partial charge in [-0.05, 0) is 25.8 Å². The van der Waals surface area contributed by atoms with Gasteiger partial charge in [0.05, 0.1) is 18.4 Å². The van der Waals surface area contributed by atoms with Crippen LogP contribution in [0.15, 0.2) is 24.3 Å². The van der Waals surface area contributed by atoms with E-state index in [1.807, 2.05) is 45.0 Å². The number of ether oxygens (including phenoxy) is 1. The lowest BCUT2D eigenvalue weighted by Crippen LogP contribution is -2.31. The van der Waals surface area contributed by atoms with Crippen molar-refractivity contribution in [1.29, 1.82) is 0 Å². The molecular weight excluding hydrogens is 282 g/mol. The van der Waals surface area contributed by atoms with E-state index in [1.54, 1.807) is 4.90 Å². The average Bonchev–Trinajstić information content (AvgIpc) is 2.83. The van der Waals surface area contributed by atoms with E-state index in [0.717, 1.165) is 5.56 Å². The average molecular weight is 305 g/mol. The van der Waals surface area contributed by atoms with E-state index < -0.39 is 11.9 Å². The highest BCUT2D eigenvalue weighted by molar-refractivity contribution is 5.81. The molecule has 2 atom stereocenters. The summed E-state index contributed by atoms with van der Waals surface area (Å²) in [5, 5.41) is 9.16. The molecule has 1 aromatic rings. The molecule has 1 aliphatic rings. The highest BCUT2D eigenvalue weighted by Crippen LogP contribution is 2.25. The highest BCUT2D eigenvalue weighted by Gasteiger charge is 2.36. The summed E-state index contributed by atoms with van der Waals surface area (Å²) < 4.78 is 5.72. The number of carbonyl (C=O) groups is 2. The molecule has 0 radical (unpaired) electrons. The Bertz CT molecular complexity index is 555. The van der Waals surface area contributed by atoms with Crippen LogP contribution in [0.2, 0.25) is 0 Å². The van der Waals surface area contributed by atoms with Gasteiger partial charge in [0.1, 0.15) is 5.75 Å². The zero-order chi connectivity index (χ0) is 16.3. The molecule has 1 aliphatic heterocycles. The summed E-state index contributed by atoms with van der Waals surface area (Å²) in [5.74, 6) is -0.635. The van der Waals surface area contributed by atoms with Gasteiger partial charge in [-0.3, -0.25) is 9.59 Å². The van der Waals surface area contributed by atoms with E-state index in [0.29, 0.717) is 18.8 Å². The second kappa shape index (κ2) is 6.81. The predicted molar refractivity (Wildman–Crippen MR) is 82.8 cm³/mol. The molecule has 120 valence electrons. The molecule has 0 unspecified atom stereocenters. The summed E-state index contributed by atoms with van der Waals surface area (Å²) in [6.45, 7) is 6.56. The number of hydrogen-bond donors (Lipinski definition) is 1. The Hall–Kier alpha value is -2.04. The monoisotopic (exact) mass is 305 g/mol. The fourth-order valence-electron chi connectivity index (χ4n) is 2.79. The molecule has 0 aliphatic carbocycles. The highest BCUT2D eigenvalue weighted by atomic mass is 16.5. The van der Waals surface area contributed by atoms with Crippen LogP contribution in [0.3, 0.4) is 0 Å². The Morgan fingerprint density at radius 2 is 2.00 bits per heavy atom. The van der Waals surface area contributed by atoms with Gasteiger partial charge in [-0.25, -0.2) is 0 Å². The van der Waals surface area contributed by atoms with Crippen molar-refractivity contribution < 1.29 is 19.4 Å². The van der Waals surface area contributed by atoms with Gasteiger partial charge in [-0.1, -0.05) is 25.1 Å². The lowest BCUT2D eigenvalue weighted by Gasteiger charge is -2.18. The topological polar surface area (TPSA) is 66.8 Å². The molecule has 1 heterocycles. The normalized spacial score (nSPS) is 21.2. The van der Waals surface area contributed by atoms with Crippen molar-refractivity contribution in [2.75, 3.05) is 13.1 Å². The van der Waals surface area contributed by atoms with Crippen LogP contribution in [0.4, 0.5) is 0 Å². The number of rotatable bonds is 5. The van der Waals surface area contributed by atoms with E-state index in [-0.39, 0.29) is 24.3 Å². The zero-order valence-corrected chi connectivity index (χ0v) is 13.3. The molecular formula is C17H23NO4. The third kappa shape index (κ3) is 3.78. The van der Waals surface area contributed by atoms with Crippen molar-refractivity contribution in [2.45, 2.75) is 33.3 Å². The van der Waals surface area contributed by atoms with Gasteiger partial charge in [0, 0.05) is 18.7 Å². The van der Waals surface area contributed by atoms with E-state index in [4.69, 9.17) is 9.84 Å². The number of carboxylic acid groups (broad SMARTS) is 1. The van der Waals surface area contributed by atoms with Gasteiger partial charge in [-0.2, -0.15) is 0 Å². The smallest absolute Gasteiger partial charge is 0.308 e. The summed E-state index contributed by atoms with van der Waals surface area (Å²) in [6.07, 6.45) is 0.279. The molecule has 1 N–H and O–H groups in total. The van der Waals surface area contributed by atoms with Crippen molar-refractivity contribution in [1.82, 2.24) is 4.90 Å². The van der Waals surface area contributed by atoms with Gasteiger partial charge in [0.15, 0.2) is 0 Å². The summed E-state index contributed by atoms with van der Waals surface area (Å²) in [6, 6.07) is 7.49. The lowest BCUT2D eigenvalue weighted by atomic mass is 9.99. The fraction of sp³-hybridized carbons (Fsp3) is 0.529. The molecule has 5 nitrogen and oxygen atoms in total. The molecule has 0 spiro atoms. The minimum Gasteiger partial charge on any atom is -0.491 e. The van der Waals surface area contributed by atoms with Gasteiger partial charge < -0.3 is 14.7 Å². The maximum absolute atomic E-state index is 12.4. The standard InChI is InChI=1S/C17H23NO4/c1-11(2)22-15-7-5-4-6-13(15)8-16(19)18-9-12(3)14(10-18)17(20)21/h4-7,11-12,14H,8-10H2,1-3H3,(H,20,21)/t12-,14-/m1/s1. The molecule has 22 heavy (non-hydrogen) atoms. The summed E-state index contributed by atoms with van der Waals surface area (Å²) >= 11 is 0. The fourth-order valence-corrected chi connectivity index (χ4v) is 2.79. The minimum atomic E-state index is -0.827. The SMILES string of the molecule is CC(C)Oc1ccccc1CC(=O)N1C[C@@H](C)[C@H](C(=O)O)C1. The molecule has 5 heteroatoms. The van der Waals surface area contributed by atoms with Crippen molar-refractivity contribution in [3.05, 3.63) is 29.8 Å². The lowest BCUT2D eigenvalue weighted by molar-refractivity contribution is -0.142. The molecule has 1 fully saturated rings. The first-order chi connectivity index (χ1) is 10.4. The number of aliphatic carboxylic acids is 1. The van der Waals surface area contributed by atoms with Crippen LogP contribution in [0.25, 0.3) is 0 Å². The second-order valence-electron chi connectivity index (χ2n) is 6.17. The summed E-state index contributed by atoms with van der Waals surface area (Å²) in [4.78, 5) is 25.2. The largest absolute Gasteiger partial charge is 0.491 e. The third-order valence-corrected chi connectivity index (χ3v) is 3.96. The van der Waals surface area contributed by atoms with Gasteiger partial charge in [0.2, 0.25) is 5.91 Å². The third-order valence-electron chi connectivity index (χ3n) is 3.96. The zero-order valence-electron chi connectivity index (χ0n) is 13.3. The number of para-hydroxylation sites is 1. The first kappa shape index (κ1) is 16.3. The van der Waals surface area contributed by atoms with E-state index in [9.17, 15) is 9.59 Å². The molecule has 1 amide bonds. The van der Waals surface area contributed by atoms with Crippen molar-refractivity contribution in [3.63, 3.8) is 0 Å². The van der Waals surface area contributed by atoms with Crippen LogP contribution < -0.4 is 4.74 Å². The molecule has 2 rings (SSSR count). The first-order valence-electron chi connectivity index (χ1n) is 7.63. The van der Waals surface area contributed by atoms with Crippen LogP contribution in [-0.2, 0) is 16.0 Å². The number of likely N-dealkylation sites (tertiary alicyclic amines) is 1. The Balaban J connectivity index is 2.05. The van der Waals surface area contributed by atoms with Crippen LogP contribution >= 0.6 is 0 Å². The second-order valence-corrected chi connectivity index (χ2v) is 6.17. The number of hydrogen-bond acceptors (Lipinski definition) is 3. The predicted octanol–water partition coefficient (Wildman–Crippen LogP) is 2.20. The Kier molecular flexibility index (Phi) is 5.06. The molecule has 0 saturated carbocycles. The summed E-state index contributed by atoms with van der Waals surface area (Å²) in [5.41, 5.74) is 0.840. The van der Waals surface area contributed by atoms with Crippen LogP contribution in [0, 0.1) is 11.8 Å². The number of nitrogens with zero attached hydrogens (tertiary/aromatic N) is 1. The van der Waals surface area contributed by atoms with Crippen molar-refractivity contribution in [3.8, 4) is 5.75 Å². The van der Waals surface area contributed by atoms with Gasteiger partial charge >= 0.3 is 5.97 Å². The quantitative estimate of drug-likeness (QED) is 0.905. The van der Waals surface area contributed by atoms with E-state index in [1.165, 1.54) is 0 Å². The van der Waals surface area contributed by atoms with Crippen LogP contribution in [-0.4, -0.2) is 41.1 Å². The number of carbonyl (C=O) groups excluding carboxylic acids is 1. The van der Waals surface area contributed by atoms with Crippen molar-refractivity contribution in [2.24, 2.45) is 11.8 Å². The molecule has 0 aromatic heterocycles. The minimum absolute atomic E-state index is 0.0105. The van der Waals surface area contributed by atoms with E-state index >= 15 is 0 Å². The van der Waals surface area contributed by atoms with Gasteiger partial charge in [-0.15, -0.1) is 0 Å². The molecule has 1 saturated heterocycles. The summed E-state index contributed by atoms with van der Waals surface area (Å²) in [7, 11) is 0. The number of amides is 1. The Morgan fingerprint density at radius 3 is 2.59 bits per heavy atom. The number of carboxylic acids is 1. The van der Waals surface area contributed by atoms with Gasteiger partial charge in [0.25, 0.3) is 0 Å². The maximum Gasteiger partial charge on any atom is 0.308 e. The maximum atomic E-state index is 12.4. The van der Waals surface area contributed by atoms with Crippen LogP contribution in [0.1, 0.15) is 26.3 Å². The molecule has 0 bridgehead atoms. The Labute approximate surface area is 130 Å². The van der Waals surface area contributed by atoms with Crippen molar-refractivity contribution >= 4 is 11.9 Å². The molecule has 1 aromatic carbocycles. The first-order valence-corrected chi connectivity index (χ1v) is 7.63.